The Balaban J connectivity index is 1.69. The number of nitrogens with zero attached hydrogens (tertiary/aromatic N) is 2. The molecule has 3 fully saturated rings. The van der Waals surface area contributed by atoms with Crippen LogP contribution in [0.5, 0.6) is 0 Å². The van der Waals surface area contributed by atoms with E-state index in [1.807, 2.05) is 0 Å². The molecule has 3 nitrogen and oxygen atoms in total. The normalized spacial score (nSPS) is 42.1. The summed E-state index contributed by atoms with van der Waals surface area (Å²) in [5.41, 5.74) is 6.13. The molecule has 2 aliphatic heterocycles. The minimum atomic E-state index is 0.721. The standard InChI is InChI=1S/C18H35N3/c1-3-5-15-7-8-16(11-19)18(10-15)21-13-17-6-4-9-20(17)12-14(21)2/h14-18H,3-13,19H2,1-2H3. The molecule has 0 aromatic rings. The maximum atomic E-state index is 6.13. The summed E-state index contributed by atoms with van der Waals surface area (Å²) in [6.07, 6.45) is 9.79. The van der Waals surface area contributed by atoms with Crippen LogP contribution < -0.4 is 5.73 Å². The molecule has 0 radical (unpaired) electrons. The van der Waals surface area contributed by atoms with Gasteiger partial charge < -0.3 is 5.73 Å². The van der Waals surface area contributed by atoms with E-state index in [4.69, 9.17) is 5.73 Å². The highest BCUT2D eigenvalue weighted by atomic mass is 15.3. The lowest BCUT2D eigenvalue weighted by Crippen LogP contribution is -2.61. The Morgan fingerprint density at radius 1 is 1.14 bits per heavy atom. The number of hydrogen-bond acceptors (Lipinski definition) is 3. The molecule has 5 unspecified atom stereocenters. The Kier molecular flexibility index (Phi) is 5.23. The first-order chi connectivity index (χ1) is 10.2. The van der Waals surface area contributed by atoms with Crippen LogP contribution in [-0.2, 0) is 0 Å². The van der Waals surface area contributed by atoms with Crippen LogP contribution in [0.4, 0.5) is 0 Å². The molecular weight excluding hydrogens is 258 g/mol. The molecule has 0 bridgehead atoms. The minimum absolute atomic E-state index is 0.721. The zero-order chi connectivity index (χ0) is 14.8. The Hall–Kier alpha value is -0.120. The number of fused-ring (bicyclic) bond motifs is 1. The second-order valence-electron chi connectivity index (χ2n) is 7.87. The van der Waals surface area contributed by atoms with Gasteiger partial charge in [0.25, 0.3) is 0 Å². The van der Waals surface area contributed by atoms with Gasteiger partial charge in [0.1, 0.15) is 0 Å². The molecular formula is C18H35N3. The van der Waals surface area contributed by atoms with Crippen LogP contribution in [0.25, 0.3) is 0 Å². The van der Waals surface area contributed by atoms with Gasteiger partial charge in [-0.25, -0.2) is 0 Å². The van der Waals surface area contributed by atoms with Gasteiger partial charge in [-0.05, 0) is 57.5 Å². The number of piperazine rings is 1. The van der Waals surface area contributed by atoms with Crippen molar-refractivity contribution in [2.45, 2.75) is 76.9 Å². The van der Waals surface area contributed by atoms with E-state index in [1.54, 1.807) is 0 Å². The number of hydrogen-bond donors (Lipinski definition) is 1. The summed E-state index contributed by atoms with van der Waals surface area (Å²) >= 11 is 0. The molecule has 1 aliphatic carbocycles. The van der Waals surface area contributed by atoms with Crippen molar-refractivity contribution in [3.63, 3.8) is 0 Å². The summed E-state index contributed by atoms with van der Waals surface area (Å²) in [7, 11) is 0. The van der Waals surface area contributed by atoms with Gasteiger partial charge in [0.05, 0.1) is 0 Å². The fourth-order valence-electron chi connectivity index (χ4n) is 5.32. The zero-order valence-corrected chi connectivity index (χ0v) is 14.1. The third-order valence-electron chi connectivity index (χ3n) is 6.48. The van der Waals surface area contributed by atoms with Crippen LogP contribution >= 0.6 is 0 Å². The molecule has 2 heterocycles. The van der Waals surface area contributed by atoms with Crippen LogP contribution in [0, 0.1) is 11.8 Å². The molecule has 0 amide bonds. The van der Waals surface area contributed by atoms with Crippen molar-refractivity contribution in [2.75, 3.05) is 26.2 Å². The summed E-state index contributed by atoms with van der Waals surface area (Å²) in [6.45, 7) is 9.61. The molecule has 3 heteroatoms. The Bertz CT molecular complexity index is 332. The van der Waals surface area contributed by atoms with Crippen molar-refractivity contribution in [3.8, 4) is 0 Å². The van der Waals surface area contributed by atoms with Gasteiger partial charge in [0, 0.05) is 31.2 Å². The van der Waals surface area contributed by atoms with E-state index in [-0.39, 0.29) is 0 Å². The third kappa shape index (κ3) is 3.30. The second-order valence-corrected chi connectivity index (χ2v) is 7.87. The lowest BCUT2D eigenvalue weighted by atomic mass is 9.75. The third-order valence-corrected chi connectivity index (χ3v) is 6.48. The van der Waals surface area contributed by atoms with Crippen molar-refractivity contribution >= 4 is 0 Å². The average Bonchev–Trinajstić information content (AvgIpc) is 2.93. The molecule has 0 spiro atoms. The highest BCUT2D eigenvalue weighted by Gasteiger charge is 2.41. The fourth-order valence-corrected chi connectivity index (χ4v) is 5.32. The Morgan fingerprint density at radius 2 is 2.00 bits per heavy atom. The maximum Gasteiger partial charge on any atom is 0.0224 e. The highest BCUT2D eigenvalue weighted by molar-refractivity contribution is 4.96. The van der Waals surface area contributed by atoms with Gasteiger partial charge in [-0.1, -0.05) is 26.2 Å². The fraction of sp³-hybridized carbons (Fsp3) is 1.00. The van der Waals surface area contributed by atoms with Crippen LogP contribution in [0.3, 0.4) is 0 Å². The topological polar surface area (TPSA) is 32.5 Å². The van der Waals surface area contributed by atoms with E-state index in [0.717, 1.165) is 36.5 Å². The van der Waals surface area contributed by atoms with Crippen LogP contribution in [-0.4, -0.2) is 54.1 Å². The van der Waals surface area contributed by atoms with Gasteiger partial charge in [-0.3, -0.25) is 9.80 Å². The predicted molar refractivity (Wildman–Crippen MR) is 89.3 cm³/mol. The molecule has 122 valence electrons. The lowest BCUT2D eigenvalue weighted by molar-refractivity contribution is -0.0138. The largest absolute Gasteiger partial charge is 0.330 e. The van der Waals surface area contributed by atoms with Crippen molar-refractivity contribution in [1.29, 1.82) is 0 Å². The second kappa shape index (κ2) is 6.97. The van der Waals surface area contributed by atoms with Gasteiger partial charge in [-0.15, -0.1) is 0 Å². The summed E-state index contributed by atoms with van der Waals surface area (Å²) < 4.78 is 0. The van der Waals surface area contributed by atoms with Crippen LogP contribution in [0.2, 0.25) is 0 Å². The molecule has 2 saturated heterocycles. The molecule has 2 N–H and O–H groups in total. The van der Waals surface area contributed by atoms with E-state index in [1.165, 1.54) is 64.6 Å². The molecule has 21 heavy (non-hydrogen) atoms. The summed E-state index contributed by atoms with van der Waals surface area (Å²) in [5.74, 6) is 1.70. The summed E-state index contributed by atoms with van der Waals surface area (Å²) in [5, 5.41) is 0. The van der Waals surface area contributed by atoms with Gasteiger partial charge >= 0.3 is 0 Å². The molecule has 0 aromatic carbocycles. The average molecular weight is 293 g/mol. The van der Waals surface area contributed by atoms with Crippen molar-refractivity contribution < 1.29 is 0 Å². The van der Waals surface area contributed by atoms with Crippen molar-refractivity contribution in [1.82, 2.24) is 9.80 Å². The SMILES string of the molecule is CCCC1CCC(CN)C(N2CC3CCCN3CC2C)C1. The quantitative estimate of drug-likeness (QED) is 0.865. The summed E-state index contributed by atoms with van der Waals surface area (Å²) in [6, 6.07) is 2.32. The number of nitrogens with two attached hydrogens (primary N) is 1. The minimum Gasteiger partial charge on any atom is -0.330 e. The van der Waals surface area contributed by atoms with Crippen molar-refractivity contribution in [3.05, 3.63) is 0 Å². The molecule has 1 saturated carbocycles. The van der Waals surface area contributed by atoms with E-state index in [0.29, 0.717) is 0 Å². The summed E-state index contributed by atoms with van der Waals surface area (Å²) in [4.78, 5) is 5.61. The van der Waals surface area contributed by atoms with Crippen LogP contribution in [0.1, 0.15) is 58.8 Å². The molecule has 5 atom stereocenters. The zero-order valence-electron chi connectivity index (χ0n) is 14.1. The lowest BCUT2D eigenvalue weighted by Gasteiger charge is -2.50. The van der Waals surface area contributed by atoms with Crippen LogP contribution in [0.15, 0.2) is 0 Å². The van der Waals surface area contributed by atoms with E-state index >= 15 is 0 Å². The maximum absolute atomic E-state index is 6.13. The Morgan fingerprint density at radius 3 is 2.76 bits per heavy atom. The van der Waals surface area contributed by atoms with Gasteiger partial charge in [0.15, 0.2) is 0 Å². The van der Waals surface area contributed by atoms with E-state index in [2.05, 4.69) is 23.6 Å². The number of rotatable bonds is 4. The molecule has 3 rings (SSSR count). The molecule has 3 aliphatic rings. The first-order valence-electron chi connectivity index (χ1n) is 9.42. The monoisotopic (exact) mass is 293 g/mol. The predicted octanol–water partition coefficient (Wildman–Crippen LogP) is 2.70. The highest BCUT2D eigenvalue weighted by Crippen LogP contribution is 2.37. The smallest absolute Gasteiger partial charge is 0.0224 e. The van der Waals surface area contributed by atoms with Gasteiger partial charge in [-0.2, -0.15) is 0 Å². The first kappa shape index (κ1) is 15.8. The van der Waals surface area contributed by atoms with Crippen molar-refractivity contribution in [2.24, 2.45) is 17.6 Å². The van der Waals surface area contributed by atoms with E-state index < -0.39 is 0 Å². The van der Waals surface area contributed by atoms with E-state index in [9.17, 15) is 0 Å². The van der Waals surface area contributed by atoms with Gasteiger partial charge in [0.2, 0.25) is 0 Å². The Labute approximate surface area is 131 Å². The first-order valence-corrected chi connectivity index (χ1v) is 9.42. The molecule has 0 aromatic heterocycles.